The molecule has 0 aliphatic carbocycles. The Labute approximate surface area is 147 Å². The number of nitrogens with zero attached hydrogens (tertiary/aromatic N) is 1. The standard InChI is InChI=1S/C18H24N2O5/c1-2-25-16(21)11-13-7-9-20(10-8-13)18(24)19-12-14-3-5-15(6-4-14)17(22)23/h3-6,13H,2,7-12H2,1H3,(H,19,24)(H,22,23). The first kappa shape index (κ1) is 18.8. The number of urea groups is 1. The monoisotopic (exact) mass is 348 g/mol. The minimum Gasteiger partial charge on any atom is -0.478 e. The van der Waals surface area contributed by atoms with E-state index in [9.17, 15) is 14.4 Å². The number of aromatic carboxylic acids is 1. The smallest absolute Gasteiger partial charge is 0.335 e. The second kappa shape index (κ2) is 9.05. The molecule has 1 heterocycles. The number of esters is 1. The highest BCUT2D eigenvalue weighted by atomic mass is 16.5. The van der Waals surface area contributed by atoms with Crippen molar-refractivity contribution in [1.29, 1.82) is 0 Å². The van der Waals surface area contributed by atoms with Crippen LogP contribution in [-0.4, -0.2) is 47.7 Å². The Kier molecular flexibility index (Phi) is 6.80. The largest absolute Gasteiger partial charge is 0.478 e. The van der Waals surface area contributed by atoms with Gasteiger partial charge < -0.3 is 20.1 Å². The lowest BCUT2D eigenvalue weighted by molar-refractivity contribution is -0.144. The molecule has 1 fully saturated rings. The van der Waals surface area contributed by atoms with E-state index in [0.717, 1.165) is 18.4 Å². The molecule has 0 bridgehead atoms. The van der Waals surface area contributed by atoms with Gasteiger partial charge in [0.15, 0.2) is 0 Å². The third-order valence-electron chi connectivity index (χ3n) is 4.31. The van der Waals surface area contributed by atoms with E-state index < -0.39 is 5.97 Å². The highest BCUT2D eigenvalue weighted by Crippen LogP contribution is 2.21. The predicted molar refractivity (Wildman–Crippen MR) is 91.2 cm³/mol. The Bertz CT molecular complexity index is 606. The van der Waals surface area contributed by atoms with E-state index in [1.165, 1.54) is 12.1 Å². The first-order chi connectivity index (χ1) is 12.0. The topological polar surface area (TPSA) is 95.9 Å². The zero-order valence-electron chi connectivity index (χ0n) is 14.4. The first-order valence-electron chi connectivity index (χ1n) is 8.50. The van der Waals surface area contributed by atoms with Gasteiger partial charge in [-0.15, -0.1) is 0 Å². The summed E-state index contributed by atoms with van der Waals surface area (Å²) in [5, 5.41) is 11.7. The molecule has 0 spiro atoms. The van der Waals surface area contributed by atoms with Gasteiger partial charge in [-0.3, -0.25) is 4.79 Å². The Morgan fingerprint density at radius 1 is 1.20 bits per heavy atom. The average Bonchev–Trinajstić information content (AvgIpc) is 2.61. The second-order valence-corrected chi connectivity index (χ2v) is 6.10. The van der Waals surface area contributed by atoms with Gasteiger partial charge in [-0.1, -0.05) is 12.1 Å². The molecule has 25 heavy (non-hydrogen) atoms. The summed E-state index contributed by atoms with van der Waals surface area (Å²) in [6.45, 7) is 3.77. The van der Waals surface area contributed by atoms with Crippen molar-refractivity contribution in [3.63, 3.8) is 0 Å². The Morgan fingerprint density at radius 2 is 1.84 bits per heavy atom. The molecule has 1 aromatic carbocycles. The predicted octanol–water partition coefficient (Wildman–Crippen LogP) is 2.26. The molecule has 0 aromatic heterocycles. The maximum Gasteiger partial charge on any atom is 0.335 e. The molecule has 1 aromatic rings. The van der Waals surface area contributed by atoms with Crippen LogP contribution in [0.15, 0.2) is 24.3 Å². The third kappa shape index (κ3) is 5.77. The van der Waals surface area contributed by atoms with Gasteiger partial charge in [0.2, 0.25) is 0 Å². The number of carbonyl (C=O) groups excluding carboxylic acids is 2. The van der Waals surface area contributed by atoms with Gasteiger partial charge in [-0.05, 0) is 43.4 Å². The molecule has 7 heteroatoms. The summed E-state index contributed by atoms with van der Waals surface area (Å²) in [6, 6.07) is 6.27. The maximum atomic E-state index is 12.2. The van der Waals surface area contributed by atoms with E-state index in [2.05, 4.69) is 5.32 Å². The summed E-state index contributed by atoms with van der Waals surface area (Å²) in [7, 11) is 0. The van der Waals surface area contributed by atoms with Gasteiger partial charge in [0.1, 0.15) is 0 Å². The van der Waals surface area contributed by atoms with E-state index in [4.69, 9.17) is 9.84 Å². The molecule has 0 atom stereocenters. The second-order valence-electron chi connectivity index (χ2n) is 6.10. The van der Waals surface area contributed by atoms with Crippen molar-refractivity contribution in [3.8, 4) is 0 Å². The van der Waals surface area contributed by atoms with E-state index in [-0.39, 0.29) is 23.5 Å². The number of nitrogens with one attached hydrogen (secondary N) is 1. The van der Waals surface area contributed by atoms with Crippen LogP contribution >= 0.6 is 0 Å². The van der Waals surface area contributed by atoms with Crippen molar-refractivity contribution in [3.05, 3.63) is 35.4 Å². The van der Waals surface area contributed by atoms with E-state index in [0.29, 0.717) is 32.7 Å². The first-order valence-corrected chi connectivity index (χ1v) is 8.50. The van der Waals surface area contributed by atoms with Gasteiger partial charge in [0.05, 0.1) is 12.2 Å². The Hall–Kier alpha value is -2.57. The molecule has 7 nitrogen and oxygen atoms in total. The summed E-state index contributed by atoms with van der Waals surface area (Å²) in [5.74, 6) is -0.872. The van der Waals surface area contributed by atoms with Gasteiger partial charge in [-0.25, -0.2) is 9.59 Å². The summed E-state index contributed by atoms with van der Waals surface area (Å²) in [4.78, 5) is 36.3. The van der Waals surface area contributed by atoms with Crippen LogP contribution in [-0.2, 0) is 16.1 Å². The molecule has 2 rings (SSSR count). The van der Waals surface area contributed by atoms with Crippen LogP contribution in [0.4, 0.5) is 4.79 Å². The molecular weight excluding hydrogens is 324 g/mol. The Morgan fingerprint density at radius 3 is 2.40 bits per heavy atom. The number of carboxylic acids is 1. The lowest BCUT2D eigenvalue weighted by Gasteiger charge is -2.31. The molecular formula is C18H24N2O5. The number of amides is 2. The minimum absolute atomic E-state index is 0.142. The molecule has 1 aliphatic heterocycles. The van der Waals surface area contributed by atoms with E-state index in [1.807, 2.05) is 0 Å². The third-order valence-corrected chi connectivity index (χ3v) is 4.31. The number of hydrogen-bond acceptors (Lipinski definition) is 4. The Balaban J connectivity index is 1.73. The van der Waals surface area contributed by atoms with Crippen molar-refractivity contribution in [2.24, 2.45) is 5.92 Å². The lowest BCUT2D eigenvalue weighted by atomic mass is 9.94. The van der Waals surface area contributed by atoms with Gasteiger partial charge in [0.25, 0.3) is 0 Å². The van der Waals surface area contributed by atoms with Crippen molar-refractivity contribution in [2.45, 2.75) is 32.7 Å². The number of piperidine rings is 1. The van der Waals surface area contributed by atoms with Crippen molar-refractivity contribution < 1.29 is 24.2 Å². The number of carboxylic acid groups (broad SMARTS) is 1. The number of likely N-dealkylation sites (tertiary alicyclic amines) is 1. The van der Waals surface area contributed by atoms with Crippen LogP contribution in [0.5, 0.6) is 0 Å². The van der Waals surface area contributed by atoms with Gasteiger partial charge in [0, 0.05) is 26.1 Å². The van der Waals surface area contributed by atoms with Gasteiger partial charge >= 0.3 is 18.0 Å². The minimum atomic E-state index is -0.971. The van der Waals surface area contributed by atoms with Crippen LogP contribution in [0.25, 0.3) is 0 Å². The molecule has 2 amide bonds. The molecule has 0 saturated carbocycles. The number of hydrogen-bond donors (Lipinski definition) is 2. The zero-order valence-corrected chi connectivity index (χ0v) is 14.4. The summed E-state index contributed by atoms with van der Waals surface area (Å²) in [5.41, 5.74) is 1.06. The van der Waals surface area contributed by atoms with Crippen LogP contribution in [0, 0.1) is 5.92 Å². The van der Waals surface area contributed by atoms with Gasteiger partial charge in [-0.2, -0.15) is 0 Å². The van der Waals surface area contributed by atoms with Crippen molar-refractivity contribution >= 4 is 18.0 Å². The fourth-order valence-electron chi connectivity index (χ4n) is 2.85. The zero-order chi connectivity index (χ0) is 18.2. The summed E-state index contributed by atoms with van der Waals surface area (Å²) >= 11 is 0. The quantitative estimate of drug-likeness (QED) is 0.769. The van der Waals surface area contributed by atoms with Crippen LogP contribution in [0.3, 0.4) is 0 Å². The fourth-order valence-corrected chi connectivity index (χ4v) is 2.85. The van der Waals surface area contributed by atoms with E-state index >= 15 is 0 Å². The molecule has 1 saturated heterocycles. The van der Waals surface area contributed by atoms with Crippen LogP contribution < -0.4 is 5.32 Å². The normalized spacial score (nSPS) is 14.8. The highest BCUT2D eigenvalue weighted by molar-refractivity contribution is 5.87. The summed E-state index contributed by atoms with van der Waals surface area (Å²) in [6.07, 6.45) is 2.00. The maximum absolute atomic E-state index is 12.2. The van der Waals surface area contributed by atoms with E-state index in [1.54, 1.807) is 24.0 Å². The van der Waals surface area contributed by atoms with Crippen LogP contribution in [0.1, 0.15) is 42.1 Å². The molecule has 2 N–H and O–H groups in total. The number of carbonyl (C=O) groups is 3. The molecule has 0 unspecified atom stereocenters. The highest BCUT2D eigenvalue weighted by Gasteiger charge is 2.24. The SMILES string of the molecule is CCOC(=O)CC1CCN(C(=O)NCc2ccc(C(=O)O)cc2)CC1. The fraction of sp³-hybridized carbons (Fsp3) is 0.500. The summed E-state index contributed by atoms with van der Waals surface area (Å²) < 4.78 is 4.96. The molecule has 1 aliphatic rings. The molecule has 0 radical (unpaired) electrons. The number of ether oxygens (including phenoxy) is 1. The number of rotatable bonds is 6. The van der Waals surface area contributed by atoms with Crippen LogP contribution in [0.2, 0.25) is 0 Å². The van der Waals surface area contributed by atoms with Crippen molar-refractivity contribution in [1.82, 2.24) is 10.2 Å². The average molecular weight is 348 g/mol. The number of benzene rings is 1. The lowest BCUT2D eigenvalue weighted by Crippen LogP contribution is -2.44. The van der Waals surface area contributed by atoms with Crippen molar-refractivity contribution in [2.75, 3.05) is 19.7 Å². The molecule has 136 valence electrons.